The summed E-state index contributed by atoms with van der Waals surface area (Å²) in [5.41, 5.74) is 2.63. The molecule has 0 saturated heterocycles. The largest absolute Gasteiger partial charge is 0.507 e. The lowest BCUT2D eigenvalue weighted by Crippen LogP contribution is -2.09. The van der Waals surface area contributed by atoms with Crippen molar-refractivity contribution in [3.05, 3.63) is 46.5 Å². The SMILES string of the molecule is CCOC(=O)c1c(C)c(Sc2ccc(OC)cc2)c(C)c(C)c1O. The third kappa shape index (κ3) is 3.51. The maximum absolute atomic E-state index is 12.2. The van der Waals surface area contributed by atoms with E-state index in [4.69, 9.17) is 9.47 Å². The Morgan fingerprint density at radius 1 is 1.08 bits per heavy atom. The normalized spacial score (nSPS) is 10.5. The summed E-state index contributed by atoms with van der Waals surface area (Å²) in [5.74, 6) is 0.302. The van der Waals surface area contributed by atoms with Crippen molar-refractivity contribution < 1.29 is 19.4 Å². The van der Waals surface area contributed by atoms with Gasteiger partial charge < -0.3 is 14.6 Å². The Kier molecular flexibility index (Phi) is 5.78. The average molecular weight is 346 g/mol. The highest BCUT2D eigenvalue weighted by atomic mass is 32.2. The van der Waals surface area contributed by atoms with E-state index in [1.807, 2.05) is 45.0 Å². The van der Waals surface area contributed by atoms with Gasteiger partial charge in [0.05, 0.1) is 13.7 Å². The number of methoxy groups -OCH3 is 1. The van der Waals surface area contributed by atoms with Crippen LogP contribution in [0.5, 0.6) is 11.5 Å². The minimum Gasteiger partial charge on any atom is -0.507 e. The van der Waals surface area contributed by atoms with E-state index in [2.05, 4.69) is 0 Å². The number of carbonyl (C=O) groups is 1. The zero-order chi connectivity index (χ0) is 17.9. The average Bonchev–Trinajstić information content (AvgIpc) is 2.58. The second kappa shape index (κ2) is 7.62. The van der Waals surface area contributed by atoms with Crippen LogP contribution in [0.25, 0.3) is 0 Å². The van der Waals surface area contributed by atoms with Crippen molar-refractivity contribution >= 4 is 17.7 Å². The first-order valence-electron chi connectivity index (χ1n) is 7.72. The van der Waals surface area contributed by atoms with E-state index in [1.54, 1.807) is 25.8 Å². The smallest absolute Gasteiger partial charge is 0.342 e. The third-order valence-electron chi connectivity index (χ3n) is 3.97. The molecule has 2 rings (SSSR count). The van der Waals surface area contributed by atoms with Gasteiger partial charge in [0.2, 0.25) is 0 Å². The molecule has 0 amide bonds. The molecule has 0 aliphatic heterocycles. The molecule has 128 valence electrons. The summed E-state index contributed by atoms with van der Waals surface area (Å²) in [7, 11) is 1.63. The Morgan fingerprint density at radius 3 is 2.25 bits per heavy atom. The third-order valence-corrected chi connectivity index (χ3v) is 5.29. The van der Waals surface area contributed by atoms with Gasteiger partial charge >= 0.3 is 5.97 Å². The van der Waals surface area contributed by atoms with Gasteiger partial charge in [0, 0.05) is 9.79 Å². The zero-order valence-electron chi connectivity index (χ0n) is 14.6. The lowest BCUT2D eigenvalue weighted by Gasteiger charge is -2.18. The molecule has 0 atom stereocenters. The maximum atomic E-state index is 12.2. The molecule has 4 nitrogen and oxygen atoms in total. The minimum atomic E-state index is -0.493. The number of hydrogen-bond donors (Lipinski definition) is 1. The van der Waals surface area contributed by atoms with Crippen molar-refractivity contribution in [2.45, 2.75) is 37.5 Å². The fourth-order valence-electron chi connectivity index (χ4n) is 2.48. The first-order valence-corrected chi connectivity index (χ1v) is 8.54. The Bertz CT molecular complexity index is 751. The molecule has 0 aliphatic rings. The highest BCUT2D eigenvalue weighted by Gasteiger charge is 2.23. The second-order valence-electron chi connectivity index (χ2n) is 5.43. The number of aromatic hydroxyl groups is 1. The Balaban J connectivity index is 2.50. The predicted octanol–water partition coefficient (Wildman–Crippen LogP) is 4.65. The number of esters is 1. The zero-order valence-corrected chi connectivity index (χ0v) is 15.4. The number of rotatable bonds is 5. The molecule has 0 spiro atoms. The highest BCUT2D eigenvalue weighted by Crippen LogP contribution is 2.41. The molecule has 5 heteroatoms. The maximum Gasteiger partial charge on any atom is 0.342 e. The van der Waals surface area contributed by atoms with Gasteiger partial charge in [-0.1, -0.05) is 11.8 Å². The molecular weight excluding hydrogens is 324 g/mol. The monoisotopic (exact) mass is 346 g/mol. The van der Waals surface area contributed by atoms with E-state index < -0.39 is 5.97 Å². The minimum absolute atomic E-state index is 0.00234. The van der Waals surface area contributed by atoms with Gasteiger partial charge in [-0.25, -0.2) is 4.79 Å². The summed E-state index contributed by atoms with van der Waals surface area (Å²) in [5, 5.41) is 10.4. The van der Waals surface area contributed by atoms with Gasteiger partial charge in [-0.15, -0.1) is 0 Å². The van der Waals surface area contributed by atoms with Gasteiger partial charge in [0.15, 0.2) is 0 Å². The molecule has 0 aliphatic carbocycles. The Hall–Kier alpha value is -2.14. The molecule has 0 fully saturated rings. The first-order chi connectivity index (χ1) is 11.4. The second-order valence-corrected chi connectivity index (χ2v) is 6.51. The predicted molar refractivity (Wildman–Crippen MR) is 95.4 cm³/mol. The molecule has 0 radical (unpaired) electrons. The standard InChI is InChI=1S/C19H22O4S/c1-6-23-19(21)16-13(4)18(12(3)11(2)17(16)20)24-15-9-7-14(22-5)8-10-15/h7-10,20H,6H2,1-5H3. The summed E-state index contributed by atoms with van der Waals surface area (Å²) < 4.78 is 10.3. The summed E-state index contributed by atoms with van der Waals surface area (Å²) in [6.45, 7) is 7.61. The van der Waals surface area contributed by atoms with Crippen LogP contribution in [0.4, 0.5) is 0 Å². The molecule has 0 bridgehead atoms. The van der Waals surface area contributed by atoms with Crippen LogP contribution in [0.3, 0.4) is 0 Å². The fourth-order valence-corrected chi connectivity index (χ4v) is 3.54. The van der Waals surface area contributed by atoms with E-state index in [9.17, 15) is 9.90 Å². The topological polar surface area (TPSA) is 55.8 Å². The van der Waals surface area contributed by atoms with Gasteiger partial charge in [0.25, 0.3) is 0 Å². The molecule has 0 heterocycles. The highest BCUT2D eigenvalue weighted by molar-refractivity contribution is 7.99. The van der Waals surface area contributed by atoms with Crippen LogP contribution in [-0.2, 0) is 4.74 Å². The molecule has 24 heavy (non-hydrogen) atoms. The van der Waals surface area contributed by atoms with Crippen molar-refractivity contribution in [2.24, 2.45) is 0 Å². The van der Waals surface area contributed by atoms with Crippen LogP contribution in [0.15, 0.2) is 34.1 Å². The molecule has 0 saturated carbocycles. The van der Waals surface area contributed by atoms with Gasteiger partial charge in [0.1, 0.15) is 17.1 Å². The van der Waals surface area contributed by atoms with E-state index >= 15 is 0 Å². The number of carbonyl (C=O) groups excluding carboxylic acids is 1. The first kappa shape index (κ1) is 18.2. The number of phenols is 1. The lowest BCUT2D eigenvalue weighted by atomic mass is 9.99. The molecule has 0 aromatic heterocycles. The van der Waals surface area contributed by atoms with Crippen LogP contribution >= 0.6 is 11.8 Å². The van der Waals surface area contributed by atoms with Crippen molar-refractivity contribution in [1.82, 2.24) is 0 Å². The van der Waals surface area contributed by atoms with Crippen molar-refractivity contribution in [1.29, 1.82) is 0 Å². The van der Waals surface area contributed by atoms with E-state index in [0.29, 0.717) is 5.56 Å². The van der Waals surface area contributed by atoms with Crippen molar-refractivity contribution in [3.8, 4) is 11.5 Å². The van der Waals surface area contributed by atoms with Gasteiger partial charge in [-0.2, -0.15) is 0 Å². The van der Waals surface area contributed by atoms with Crippen LogP contribution in [0.2, 0.25) is 0 Å². The van der Waals surface area contributed by atoms with Crippen LogP contribution in [0.1, 0.15) is 34.0 Å². The van der Waals surface area contributed by atoms with E-state index in [1.165, 1.54) is 0 Å². The molecular formula is C19H22O4S. The quantitative estimate of drug-likeness (QED) is 0.798. The van der Waals surface area contributed by atoms with Gasteiger partial charge in [-0.05, 0) is 68.7 Å². The van der Waals surface area contributed by atoms with Crippen LogP contribution in [0, 0.1) is 20.8 Å². The lowest BCUT2D eigenvalue weighted by molar-refractivity contribution is 0.0521. The fraction of sp³-hybridized carbons (Fsp3) is 0.316. The number of ether oxygens (including phenoxy) is 2. The number of hydrogen-bond acceptors (Lipinski definition) is 5. The summed E-state index contributed by atoms with van der Waals surface area (Å²) >= 11 is 1.56. The number of phenolic OH excluding ortho intramolecular Hbond substituents is 1. The summed E-state index contributed by atoms with van der Waals surface area (Å²) in [6.07, 6.45) is 0. The molecule has 1 N–H and O–H groups in total. The Labute approximate surface area is 146 Å². The number of benzene rings is 2. The van der Waals surface area contributed by atoms with E-state index in [0.717, 1.165) is 26.7 Å². The molecule has 0 unspecified atom stereocenters. The molecule has 2 aromatic carbocycles. The van der Waals surface area contributed by atoms with Crippen LogP contribution in [-0.4, -0.2) is 24.8 Å². The summed E-state index contributed by atoms with van der Waals surface area (Å²) in [6, 6.07) is 7.72. The van der Waals surface area contributed by atoms with Crippen LogP contribution < -0.4 is 4.74 Å². The van der Waals surface area contributed by atoms with Gasteiger partial charge in [-0.3, -0.25) is 0 Å². The summed E-state index contributed by atoms with van der Waals surface area (Å²) in [4.78, 5) is 14.2. The van der Waals surface area contributed by atoms with E-state index in [-0.39, 0.29) is 17.9 Å². The molecule has 2 aromatic rings. The van der Waals surface area contributed by atoms with Crippen molar-refractivity contribution in [2.75, 3.05) is 13.7 Å². The van der Waals surface area contributed by atoms with Crippen molar-refractivity contribution in [3.63, 3.8) is 0 Å². The Morgan fingerprint density at radius 2 is 1.71 bits per heavy atom.